The molecule has 0 aromatic rings. The van der Waals surface area contributed by atoms with Gasteiger partial charge >= 0.3 is 0 Å². The highest BCUT2D eigenvalue weighted by molar-refractivity contribution is 5.82. The molecule has 0 spiro atoms. The summed E-state index contributed by atoms with van der Waals surface area (Å²) >= 11 is 0. The Labute approximate surface area is 74.9 Å². The van der Waals surface area contributed by atoms with Crippen LogP contribution in [0.3, 0.4) is 0 Å². The van der Waals surface area contributed by atoms with Gasteiger partial charge in [-0.2, -0.15) is 0 Å². The van der Waals surface area contributed by atoms with Gasteiger partial charge < -0.3 is 0 Å². The van der Waals surface area contributed by atoms with E-state index in [-0.39, 0.29) is 0 Å². The summed E-state index contributed by atoms with van der Waals surface area (Å²) < 4.78 is 0. The Morgan fingerprint density at radius 1 is 1.25 bits per heavy atom. The lowest BCUT2D eigenvalue weighted by Crippen LogP contribution is -2.12. The van der Waals surface area contributed by atoms with Crippen molar-refractivity contribution in [2.75, 3.05) is 0 Å². The van der Waals surface area contributed by atoms with Crippen LogP contribution in [0.1, 0.15) is 44.9 Å². The fourth-order valence-corrected chi connectivity index (χ4v) is 1.91. The van der Waals surface area contributed by atoms with Gasteiger partial charge in [-0.1, -0.05) is 31.8 Å². The fourth-order valence-electron chi connectivity index (χ4n) is 1.91. The van der Waals surface area contributed by atoms with Crippen molar-refractivity contribution in [1.82, 2.24) is 0 Å². The van der Waals surface area contributed by atoms with Crippen LogP contribution in [0.2, 0.25) is 0 Å². The molecule has 1 heteroatoms. The Balaban J connectivity index is 2.37. The quantitative estimate of drug-likeness (QED) is 0.465. The van der Waals surface area contributed by atoms with Crippen LogP contribution in [0.5, 0.6) is 0 Å². The van der Waals surface area contributed by atoms with Crippen LogP contribution in [0.4, 0.5) is 0 Å². The first-order valence-electron chi connectivity index (χ1n) is 4.98. The van der Waals surface area contributed by atoms with E-state index in [4.69, 9.17) is 0 Å². The molecular weight excluding hydrogens is 148 g/mol. The standard InChI is InChI=1S/C11H18O/c1-2-7-11(12)10-8-5-3-4-6-9-10/h2,10H,1,3-9H2. The van der Waals surface area contributed by atoms with Gasteiger partial charge in [0.05, 0.1) is 0 Å². The van der Waals surface area contributed by atoms with Gasteiger partial charge in [-0.3, -0.25) is 4.79 Å². The molecule has 0 radical (unpaired) electrons. The fraction of sp³-hybridized carbons (Fsp3) is 0.727. The number of Topliss-reactive ketones (excluding diaryl/α,β-unsaturated/α-hetero) is 1. The second kappa shape index (κ2) is 5.13. The third-order valence-electron chi connectivity index (χ3n) is 2.66. The molecule has 0 heterocycles. The van der Waals surface area contributed by atoms with Crippen LogP contribution >= 0.6 is 0 Å². The Bertz CT molecular complexity index is 152. The van der Waals surface area contributed by atoms with Crippen molar-refractivity contribution in [2.24, 2.45) is 5.92 Å². The van der Waals surface area contributed by atoms with E-state index in [0.29, 0.717) is 18.1 Å². The van der Waals surface area contributed by atoms with Gasteiger partial charge in [-0.05, 0) is 12.8 Å². The Morgan fingerprint density at radius 2 is 1.83 bits per heavy atom. The molecule has 0 aromatic heterocycles. The minimum absolute atomic E-state index is 0.352. The molecule has 0 aromatic carbocycles. The maximum Gasteiger partial charge on any atom is 0.139 e. The molecule has 0 N–H and O–H groups in total. The van der Waals surface area contributed by atoms with Gasteiger partial charge in [-0.25, -0.2) is 0 Å². The van der Waals surface area contributed by atoms with Gasteiger partial charge in [-0.15, -0.1) is 6.58 Å². The highest BCUT2D eigenvalue weighted by atomic mass is 16.1. The zero-order chi connectivity index (χ0) is 8.81. The Kier molecular flexibility index (Phi) is 4.06. The van der Waals surface area contributed by atoms with E-state index in [9.17, 15) is 4.79 Å². The summed E-state index contributed by atoms with van der Waals surface area (Å²) in [4.78, 5) is 11.5. The summed E-state index contributed by atoms with van der Waals surface area (Å²) in [6.45, 7) is 3.60. The van der Waals surface area contributed by atoms with Crippen molar-refractivity contribution in [2.45, 2.75) is 44.9 Å². The van der Waals surface area contributed by atoms with Crippen molar-refractivity contribution < 1.29 is 4.79 Å². The SMILES string of the molecule is C=CCC(=O)C1CCCCCC1. The predicted molar refractivity (Wildman–Crippen MR) is 51.0 cm³/mol. The van der Waals surface area contributed by atoms with E-state index in [1.165, 1.54) is 25.7 Å². The topological polar surface area (TPSA) is 17.1 Å². The maximum atomic E-state index is 11.5. The third-order valence-corrected chi connectivity index (χ3v) is 2.66. The first-order valence-corrected chi connectivity index (χ1v) is 4.98. The summed E-state index contributed by atoms with van der Waals surface area (Å²) in [6.07, 6.45) is 9.66. The van der Waals surface area contributed by atoms with Crippen molar-refractivity contribution in [1.29, 1.82) is 0 Å². The Hall–Kier alpha value is -0.590. The van der Waals surface area contributed by atoms with E-state index in [1.807, 2.05) is 0 Å². The lowest BCUT2D eigenvalue weighted by atomic mass is 9.94. The summed E-state index contributed by atoms with van der Waals surface area (Å²) in [6, 6.07) is 0. The van der Waals surface area contributed by atoms with Crippen LogP contribution < -0.4 is 0 Å². The maximum absolute atomic E-state index is 11.5. The second-order valence-electron chi connectivity index (χ2n) is 3.65. The monoisotopic (exact) mass is 166 g/mol. The van der Waals surface area contributed by atoms with Crippen LogP contribution in [-0.4, -0.2) is 5.78 Å². The molecule has 0 bridgehead atoms. The molecule has 1 aliphatic carbocycles. The van der Waals surface area contributed by atoms with Gasteiger partial charge in [0.25, 0.3) is 0 Å². The summed E-state index contributed by atoms with van der Waals surface area (Å²) in [5.74, 6) is 0.761. The molecule has 1 aliphatic rings. The first kappa shape index (κ1) is 9.50. The highest BCUT2D eigenvalue weighted by Gasteiger charge is 2.18. The molecule has 0 aliphatic heterocycles. The van der Waals surface area contributed by atoms with E-state index in [2.05, 4.69) is 6.58 Å². The first-order chi connectivity index (χ1) is 5.84. The number of hydrogen-bond acceptors (Lipinski definition) is 1. The number of hydrogen-bond donors (Lipinski definition) is 0. The number of carbonyl (C=O) groups excluding carboxylic acids is 1. The van der Waals surface area contributed by atoms with E-state index < -0.39 is 0 Å². The average Bonchev–Trinajstić information content (AvgIpc) is 2.32. The average molecular weight is 166 g/mol. The van der Waals surface area contributed by atoms with Gasteiger partial charge in [0.2, 0.25) is 0 Å². The van der Waals surface area contributed by atoms with Crippen molar-refractivity contribution in [3.05, 3.63) is 12.7 Å². The van der Waals surface area contributed by atoms with E-state index in [1.54, 1.807) is 6.08 Å². The molecule has 0 unspecified atom stereocenters. The van der Waals surface area contributed by atoms with Gasteiger partial charge in [0, 0.05) is 12.3 Å². The van der Waals surface area contributed by atoms with Crippen molar-refractivity contribution >= 4 is 5.78 Å². The highest BCUT2D eigenvalue weighted by Crippen LogP contribution is 2.24. The van der Waals surface area contributed by atoms with Crippen molar-refractivity contribution in [3.63, 3.8) is 0 Å². The number of ketones is 1. The molecular formula is C11H18O. The van der Waals surface area contributed by atoms with Gasteiger partial charge in [0.1, 0.15) is 5.78 Å². The molecule has 68 valence electrons. The number of allylic oxidation sites excluding steroid dienone is 1. The zero-order valence-corrected chi connectivity index (χ0v) is 7.72. The summed E-state index contributed by atoms with van der Waals surface area (Å²) in [7, 11) is 0. The van der Waals surface area contributed by atoms with Crippen LogP contribution in [0, 0.1) is 5.92 Å². The van der Waals surface area contributed by atoms with Crippen molar-refractivity contribution in [3.8, 4) is 0 Å². The molecule has 0 saturated heterocycles. The van der Waals surface area contributed by atoms with Crippen LogP contribution in [0.25, 0.3) is 0 Å². The minimum Gasteiger partial charge on any atom is -0.299 e. The molecule has 0 amide bonds. The molecule has 1 saturated carbocycles. The number of rotatable bonds is 3. The van der Waals surface area contributed by atoms with Crippen LogP contribution in [0.15, 0.2) is 12.7 Å². The summed E-state index contributed by atoms with van der Waals surface area (Å²) in [5, 5.41) is 0. The largest absolute Gasteiger partial charge is 0.299 e. The predicted octanol–water partition coefficient (Wildman–Crippen LogP) is 3.10. The number of carbonyl (C=O) groups is 1. The van der Waals surface area contributed by atoms with Crippen LogP contribution in [-0.2, 0) is 4.79 Å². The summed E-state index contributed by atoms with van der Waals surface area (Å²) in [5.41, 5.74) is 0. The normalized spacial score (nSPS) is 20.0. The third kappa shape index (κ3) is 2.80. The molecule has 12 heavy (non-hydrogen) atoms. The molecule has 1 nitrogen and oxygen atoms in total. The smallest absolute Gasteiger partial charge is 0.139 e. The lowest BCUT2D eigenvalue weighted by Gasteiger charge is -2.10. The van der Waals surface area contributed by atoms with Gasteiger partial charge in [0.15, 0.2) is 0 Å². The lowest BCUT2D eigenvalue weighted by molar-refractivity contribution is -0.122. The molecule has 1 rings (SSSR count). The van der Waals surface area contributed by atoms with E-state index >= 15 is 0 Å². The minimum atomic E-state index is 0.352. The van der Waals surface area contributed by atoms with E-state index in [0.717, 1.165) is 12.8 Å². The second-order valence-corrected chi connectivity index (χ2v) is 3.65. The Morgan fingerprint density at radius 3 is 2.33 bits per heavy atom. The molecule has 0 atom stereocenters. The molecule has 1 fully saturated rings. The zero-order valence-electron chi connectivity index (χ0n) is 7.72.